The number of allylic oxidation sites excluding steroid dienone is 4. The van der Waals surface area contributed by atoms with Gasteiger partial charge in [0.1, 0.15) is 0 Å². The molecule has 0 N–H and O–H groups in total. The van der Waals surface area contributed by atoms with Gasteiger partial charge in [0, 0.05) is 0 Å². The smallest absolute Gasteiger partial charge is 0.872 e. The molecule has 0 radical (unpaired) electrons. The van der Waals surface area contributed by atoms with E-state index in [1.807, 2.05) is 0 Å². The Morgan fingerprint density at radius 2 is 1.64 bits per heavy atom. The average Bonchev–Trinajstić information content (AvgIpc) is 2.38. The van der Waals surface area contributed by atoms with Gasteiger partial charge in [-0.05, 0) is 61.7 Å². The summed E-state index contributed by atoms with van der Waals surface area (Å²) in [5.74, 6) is -2.40. The summed E-state index contributed by atoms with van der Waals surface area (Å²) < 4.78 is 0.650. The van der Waals surface area contributed by atoms with E-state index in [0.717, 1.165) is 12.1 Å². The van der Waals surface area contributed by atoms with Gasteiger partial charge >= 0.3 is 59.1 Å². The Kier molecular flexibility index (Phi) is 9.65. The summed E-state index contributed by atoms with van der Waals surface area (Å²) in [5.41, 5.74) is 0.261. The van der Waals surface area contributed by atoms with E-state index < -0.39 is 17.3 Å². The second-order valence-electron chi connectivity index (χ2n) is 3.82. The molecule has 5 nitrogen and oxygen atoms in total. The van der Waals surface area contributed by atoms with Crippen molar-refractivity contribution in [2.45, 2.75) is 0 Å². The number of Topliss-reactive ketones (excluding diaryl/α,β-unsaturated/α-hetero) is 1. The number of rotatable bonds is 2. The Labute approximate surface area is 187 Å². The number of carboxylic acids is 1. The summed E-state index contributed by atoms with van der Waals surface area (Å²) in [6.07, 6.45) is 2.99. The summed E-state index contributed by atoms with van der Waals surface area (Å²) in [6.45, 7) is 0. The number of hydrogen-bond acceptors (Lipinski definition) is 5. The first-order valence-corrected chi connectivity index (χ1v) is 6.87. The van der Waals surface area contributed by atoms with Crippen LogP contribution in [-0.4, -0.2) is 17.5 Å². The molecule has 1 aromatic rings. The van der Waals surface area contributed by atoms with E-state index in [2.05, 4.69) is 36.9 Å². The molecule has 102 valence electrons. The molecule has 1 aromatic carbocycles. The molecule has 0 amide bonds. The van der Waals surface area contributed by atoms with Crippen molar-refractivity contribution in [3.05, 3.63) is 44.9 Å². The van der Waals surface area contributed by atoms with Crippen molar-refractivity contribution in [3.63, 3.8) is 0 Å². The molecule has 1 aliphatic carbocycles. The van der Waals surface area contributed by atoms with Gasteiger partial charge in [0.15, 0.2) is 0 Å². The van der Waals surface area contributed by atoms with Crippen LogP contribution in [0.4, 0.5) is 5.69 Å². The third kappa shape index (κ3) is 5.42. The number of aliphatic imine (C=N–C) groups is 1. The van der Waals surface area contributed by atoms with Gasteiger partial charge in [-0.25, -0.2) is 4.99 Å². The van der Waals surface area contributed by atoms with Crippen LogP contribution in [0.25, 0.3) is 0 Å². The summed E-state index contributed by atoms with van der Waals surface area (Å²) in [4.78, 5) is 26.4. The predicted molar refractivity (Wildman–Crippen MR) is 76.3 cm³/mol. The third-order valence-electron chi connectivity index (χ3n) is 2.42. The van der Waals surface area contributed by atoms with Gasteiger partial charge in [-0.1, -0.05) is 11.8 Å². The van der Waals surface area contributed by atoms with Gasteiger partial charge in [-0.15, -0.1) is 0 Å². The van der Waals surface area contributed by atoms with E-state index >= 15 is 0 Å². The van der Waals surface area contributed by atoms with Crippen molar-refractivity contribution < 1.29 is 78.9 Å². The van der Waals surface area contributed by atoms with Crippen molar-refractivity contribution in [1.82, 2.24) is 0 Å². The van der Waals surface area contributed by atoms with Gasteiger partial charge in [-0.3, -0.25) is 4.79 Å². The molecule has 1 aliphatic rings. The molecule has 0 unspecified atom stereocenters. The number of benzene rings is 1. The largest absolute Gasteiger partial charge is 1.00 e. The molecule has 0 aliphatic heterocycles. The van der Waals surface area contributed by atoms with E-state index in [4.69, 9.17) is 0 Å². The molecule has 2 rings (SSSR count). The minimum Gasteiger partial charge on any atom is -0.872 e. The van der Waals surface area contributed by atoms with Crippen molar-refractivity contribution in [2.24, 2.45) is 4.99 Å². The molecule has 0 fully saturated rings. The minimum absolute atomic E-state index is 0. The number of aromatic carboxylic acids is 1. The van der Waals surface area contributed by atoms with Crippen molar-refractivity contribution >= 4 is 55.0 Å². The van der Waals surface area contributed by atoms with E-state index in [1.54, 1.807) is 0 Å². The Balaban J connectivity index is 0.00000220. The number of ketones is 1. The van der Waals surface area contributed by atoms with Crippen LogP contribution in [0.3, 0.4) is 0 Å². The number of hydrogen-bond donors (Lipinski definition) is 0. The standard InChI is InChI=1S/C13H7Br2NO4.2Na/c14-9-4-7(5-10(15)12(9)18)16-6-1-2-11(17)8(3-6)13(19)20;;/h1-5,17H,(H,19,20);;/q;2*+1/p-2. The quantitative estimate of drug-likeness (QED) is 0.339. The van der Waals surface area contributed by atoms with Crippen molar-refractivity contribution in [3.8, 4) is 5.75 Å². The van der Waals surface area contributed by atoms with Crippen LogP contribution < -0.4 is 69.3 Å². The molecule has 0 heterocycles. The monoisotopic (exact) mass is 443 g/mol. The van der Waals surface area contributed by atoms with Crippen molar-refractivity contribution in [1.29, 1.82) is 0 Å². The number of carbonyl (C=O) groups excluding carboxylic acids is 2. The average molecular weight is 445 g/mol. The Hall–Kier alpha value is 0.270. The second kappa shape index (κ2) is 9.54. The maximum atomic E-state index is 11.5. The first kappa shape index (κ1) is 22.3. The summed E-state index contributed by atoms with van der Waals surface area (Å²) in [5, 5.41) is 22.1. The Bertz CT molecular complexity index is 690. The van der Waals surface area contributed by atoms with Gasteiger partial charge in [0.05, 0.1) is 26.3 Å². The molecule has 22 heavy (non-hydrogen) atoms. The molecule has 0 saturated heterocycles. The maximum Gasteiger partial charge on any atom is 1.00 e. The number of carbonyl (C=O) groups is 2. The number of nitrogens with zero attached hydrogens (tertiary/aromatic N) is 1. The topological polar surface area (TPSA) is 92.6 Å². The van der Waals surface area contributed by atoms with Gasteiger partial charge < -0.3 is 15.0 Å². The van der Waals surface area contributed by atoms with Crippen LogP contribution in [0.2, 0.25) is 0 Å². The zero-order valence-corrected chi connectivity index (χ0v) is 18.9. The minimum atomic E-state index is -1.55. The molecule has 0 saturated carbocycles. The molecule has 0 spiro atoms. The van der Waals surface area contributed by atoms with Crippen molar-refractivity contribution in [2.75, 3.05) is 0 Å². The van der Waals surface area contributed by atoms with Crippen LogP contribution in [-0.2, 0) is 4.79 Å². The third-order valence-corrected chi connectivity index (χ3v) is 3.60. The van der Waals surface area contributed by atoms with Gasteiger partial charge in [0.2, 0.25) is 5.78 Å². The molecule has 0 aromatic heterocycles. The predicted octanol–water partition coefficient (Wildman–Crippen LogP) is -4.66. The first-order valence-electron chi connectivity index (χ1n) is 5.28. The summed E-state index contributed by atoms with van der Waals surface area (Å²) >= 11 is 6.21. The fourth-order valence-corrected chi connectivity index (χ4v) is 2.67. The number of halogens is 2. The Morgan fingerprint density at radius 3 is 2.14 bits per heavy atom. The zero-order valence-electron chi connectivity index (χ0n) is 11.7. The van der Waals surface area contributed by atoms with E-state index in [9.17, 15) is 19.8 Å². The molecule has 9 heteroatoms. The first-order chi connectivity index (χ1) is 9.38. The Morgan fingerprint density at radius 1 is 1.09 bits per heavy atom. The van der Waals surface area contributed by atoms with Crippen LogP contribution in [0.15, 0.2) is 44.3 Å². The normalized spacial score (nSPS) is 13.4. The van der Waals surface area contributed by atoms with E-state index in [0.29, 0.717) is 14.7 Å². The summed E-state index contributed by atoms with van der Waals surface area (Å²) in [7, 11) is 0. The second-order valence-corrected chi connectivity index (χ2v) is 5.53. The van der Waals surface area contributed by atoms with Crippen LogP contribution in [0.1, 0.15) is 10.4 Å². The van der Waals surface area contributed by atoms with E-state index in [1.165, 1.54) is 18.2 Å². The molecule has 0 atom stereocenters. The number of carboxylic acid groups (broad SMARTS) is 1. The van der Waals surface area contributed by atoms with Crippen LogP contribution in [0, 0.1) is 0 Å². The fourth-order valence-electron chi connectivity index (χ4n) is 1.51. The fraction of sp³-hybridized carbons (Fsp3) is 0. The zero-order chi connectivity index (χ0) is 14.9. The van der Waals surface area contributed by atoms with Crippen LogP contribution in [0.5, 0.6) is 5.75 Å². The van der Waals surface area contributed by atoms with Crippen LogP contribution >= 0.6 is 31.9 Å². The summed E-state index contributed by atoms with van der Waals surface area (Å²) in [6, 6.07) is 3.63. The van der Waals surface area contributed by atoms with E-state index in [-0.39, 0.29) is 70.6 Å². The molecular formula is C13H5Br2NNa2O4. The SMILES string of the molecule is O=C1C(Br)=CC(=Nc2ccc([O-])c(C(=O)[O-])c2)C=C1Br.[Na+].[Na+]. The molecule has 0 bridgehead atoms. The van der Waals surface area contributed by atoms with Gasteiger partial charge in [0.25, 0.3) is 0 Å². The maximum absolute atomic E-state index is 11.5. The van der Waals surface area contributed by atoms with Gasteiger partial charge in [-0.2, -0.15) is 0 Å². The molecular weight excluding hydrogens is 440 g/mol.